The highest BCUT2D eigenvalue weighted by atomic mass is 19.1. The Hall–Kier alpha value is -3.42. The number of fused-ring (bicyclic) bond motifs is 1. The molecule has 150 valence electrons. The molecule has 7 nitrogen and oxygen atoms in total. The SMILES string of the molecule is O=C1COc2ccc(C(=O)N3CCN(C(=O)Cc4ccc(F)cc4)CC3)cc2N1. The first-order chi connectivity index (χ1) is 14.0. The van der Waals surface area contributed by atoms with Crippen LogP contribution in [0.3, 0.4) is 0 Å². The second-order valence-corrected chi connectivity index (χ2v) is 7.02. The Bertz CT molecular complexity index is 953. The fourth-order valence-electron chi connectivity index (χ4n) is 3.45. The molecule has 0 atom stereocenters. The lowest BCUT2D eigenvalue weighted by atomic mass is 10.1. The molecular formula is C21H20FN3O4. The number of hydrogen-bond donors (Lipinski definition) is 1. The fraction of sp³-hybridized carbons (Fsp3) is 0.286. The number of piperazine rings is 1. The molecule has 3 amide bonds. The first-order valence-corrected chi connectivity index (χ1v) is 9.38. The van der Waals surface area contributed by atoms with Gasteiger partial charge in [0.05, 0.1) is 12.1 Å². The smallest absolute Gasteiger partial charge is 0.262 e. The zero-order chi connectivity index (χ0) is 20.4. The number of halogens is 1. The van der Waals surface area contributed by atoms with Crippen LogP contribution in [0, 0.1) is 5.82 Å². The lowest BCUT2D eigenvalue weighted by Gasteiger charge is -2.35. The number of nitrogens with zero attached hydrogens (tertiary/aromatic N) is 2. The molecule has 4 rings (SSSR count). The third-order valence-electron chi connectivity index (χ3n) is 5.05. The molecule has 0 radical (unpaired) electrons. The van der Waals surface area contributed by atoms with Gasteiger partial charge in [-0.1, -0.05) is 12.1 Å². The van der Waals surface area contributed by atoms with Gasteiger partial charge in [0, 0.05) is 31.7 Å². The molecular weight excluding hydrogens is 377 g/mol. The number of anilines is 1. The summed E-state index contributed by atoms with van der Waals surface area (Å²) >= 11 is 0. The van der Waals surface area contributed by atoms with E-state index in [1.807, 2.05) is 0 Å². The Morgan fingerprint density at radius 3 is 2.41 bits per heavy atom. The summed E-state index contributed by atoms with van der Waals surface area (Å²) in [5.41, 5.74) is 1.70. The van der Waals surface area contributed by atoms with Crippen LogP contribution < -0.4 is 10.1 Å². The van der Waals surface area contributed by atoms with Crippen molar-refractivity contribution < 1.29 is 23.5 Å². The van der Waals surface area contributed by atoms with Crippen LogP contribution in [0.15, 0.2) is 42.5 Å². The molecule has 1 fully saturated rings. The van der Waals surface area contributed by atoms with Gasteiger partial charge in [0.25, 0.3) is 11.8 Å². The molecule has 2 heterocycles. The summed E-state index contributed by atoms with van der Waals surface area (Å²) in [6.45, 7) is 1.70. The van der Waals surface area contributed by atoms with Crippen molar-refractivity contribution in [3.8, 4) is 5.75 Å². The van der Waals surface area contributed by atoms with Crippen LogP contribution in [0.1, 0.15) is 15.9 Å². The van der Waals surface area contributed by atoms with Crippen LogP contribution in [-0.4, -0.2) is 60.3 Å². The molecule has 0 aromatic heterocycles. The predicted molar refractivity (Wildman–Crippen MR) is 103 cm³/mol. The van der Waals surface area contributed by atoms with Crippen LogP contribution in [0.25, 0.3) is 0 Å². The van der Waals surface area contributed by atoms with Gasteiger partial charge in [-0.15, -0.1) is 0 Å². The topological polar surface area (TPSA) is 79.0 Å². The number of carbonyl (C=O) groups excluding carboxylic acids is 3. The summed E-state index contributed by atoms with van der Waals surface area (Å²) in [6, 6.07) is 10.8. The van der Waals surface area contributed by atoms with Crippen LogP contribution in [0.4, 0.5) is 10.1 Å². The molecule has 2 aliphatic heterocycles. The van der Waals surface area contributed by atoms with Crippen molar-refractivity contribution in [2.75, 3.05) is 38.1 Å². The standard InChI is InChI=1S/C21H20FN3O4/c22-16-4-1-14(2-5-16)11-20(27)24-7-9-25(10-8-24)21(28)15-3-6-18-17(12-15)23-19(26)13-29-18/h1-6,12H,7-11,13H2,(H,23,26). The number of benzene rings is 2. The molecule has 1 N–H and O–H groups in total. The number of ether oxygens (including phenoxy) is 1. The van der Waals surface area contributed by atoms with Gasteiger partial charge in [-0.2, -0.15) is 0 Å². The average Bonchev–Trinajstić information content (AvgIpc) is 2.74. The highest BCUT2D eigenvalue weighted by Gasteiger charge is 2.26. The number of carbonyl (C=O) groups is 3. The predicted octanol–water partition coefficient (Wildman–Crippen LogP) is 1.68. The maximum Gasteiger partial charge on any atom is 0.262 e. The van der Waals surface area contributed by atoms with E-state index in [1.54, 1.807) is 40.1 Å². The van der Waals surface area contributed by atoms with Crippen molar-refractivity contribution >= 4 is 23.4 Å². The molecule has 1 saturated heterocycles. The largest absolute Gasteiger partial charge is 0.482 e. The first-order valence-electron chi connectivity index (χ1n) is 9.38. The Morgan fingerprint density at radius 2 is 1.69 bits per heavy atom. The highest BCUT2D eigenvalue weighted by Crippen LogP contribution is 2.29. The van der Waals surface area contributed by atoms with E-state index in [4.69, 9.17) is 4.74 Å². The van der Waals surface area contributed by atoms with Gasteiger partial charge in [0.15, 0.2) is 6.61 Å². The number of hydrogen-bond acceptors (Lipinski definition) is 4. The zero-order valence-corrected chi connectivity index (χ0v) is 15.7. The molecule has 0 saturated carbocycles. The Labute approximate surface area is 167 Å². The monoisotopic (exact) mass is 397 g/mol. The molecule has 2 aromatic carbocycles. The summed E-state index contributed by atoms with van der Waals surface area (Å²) in [5.74, 6) is -0.245. The van der Waals surface area contributed by atoms with Gasteiger partial charge in [0.2, 0.25) is 5.91 Å². The quantitative estimate of drug-likeness (QED) is 0.855. The van der Waals surface area contributed by atoms with Crippen molar-refractivity contribution in [2.45, 2.75) is 6.42 Å². The van der Waals surface area contributed by atoms with Crippen molar-refractivity contribution in [3.05, 3.63) is 59.4 Å². The van der Waals surface area contributed by atoms with E-state index in [2.05, 4.69) is 5.32 Å². The number of nitrogens with one attached hydrogen (secondary N) is 1. The summed E-state index contributed by atoms with van der Waals surface area (Å²) in [6.07, 6.45) is 0.207. The average molecular weight is 397 g/mol. The minimum absolute atomic E-state index is 0.0335. The lowest BCUT2D eigenvalue weighted by molar-refractivity contribution is -0.131. The van der Waals surface area contributed by atoms with Gasteiger partial charge in [-0.3, -0.25) is 14.4 Å². The molecule has 2 aliphatic rings. The summed E-state index contributed by atoms with van der Waals surface area (Å²) in [4.78, 5) is 40.1. The number of amides is 3. The third-order valence-corrected chi connectivity index (χ3v) is 5.05. The van der Waals surface area contributed by atoms with E-state index in [9.17, 15) is 18.8 Å². The minimum Gasteiger partial charge on any atom is -0.482 e. The molecule has 0 bridgehead atoms. The zero-order valence-electron chi connectivity index (χ0n) is 15.7. The van der Waals surface area contributed by atoms with Gasteiger partial charge >= 0.3 is 0 Å². The fourth-order valence-corrected chi connectivity index (χ4v) is 3.45. The highest BCUT2D eigenvalue weighted by molar-refractivity contribution is 6.00. The Kier molecular flexibility index (Phi) is 5.16. The van der Waals surface area contributed by atoms with Crippen molar-refractivity contribution in [1.82, 2.24) is 9.80 Å². The van der Waals surface area contributed by atoms with Crippen LogP contribution in [0.5, 0.6) is 5.75 Å². The van der Waals surface area contributed by atoms with Crippen molar-refractivity contribution in [1.29, 1.82) is 0 Å². The van der Waals surface area contributed by atoms with Crippen LogP contribution >= 0.6 is 0 Å². The van der Waals surface area contributed by atoms with E-state index >= 15 is 0 Å². The maximum absolute atomic E-state index is 13.0. The summed E-state index contributed by atoms with van der Waals surface area (Å²) < 4.78 is 18.3. The van der Waals surface area contributed by atoms with E-state index in [1.165, 1.54) is 12.1 Å². The van der Waals surface area contributed by atoms with Crippen LogP contribution in [0.2, 0.25) is 0 Å². The minimum atomic E-state index is -0.332. The van der Waals surface area contributed by atoms with E-state index < -0.39 is 0 Å². The Morgan fingerprint density at radius 1 is 1.00 bits per heavy atom. The lowest BCUT2D eigenvalue weighted by Crippen LogP contribution is -2.51. The van der Waals surface area contributed by atoms with Crippen molar-refractivity contribution in [2.24, 2.45) is 0 Å². The normalized spacial score (nSPS) is 16.0. The number of rotatable bonds is 3. The second-order valence-electron chi connectivity index (χ2n) is 7.02. The van der Waals surface area contributed by atoms with Gasteiger partial charge in [-0.05, 0) is 35.9 Å². The first kappa shape index (κ1) is 18.9. The van der Waals surface area contributed by atoms with Gasteiger partial charge in [0.1, 0.15) is 11.6 Å². The summed E-state index contributed by atoms with van der Waals surface area (Å²) in [7, 11) is 0. The van der Waals surface area contributed by atoms with E-state index in [-0.39, 0.29) is 36.6 Å². The molecule has 0 spiro atoms. The Balaban J connectivity index is 1.35. The molecule has 0 aliphatic carbocycles. The van der Waals surface area contributed by atoms with Crippen LogP contribution in [-0.2, 0) is 16.0 Å². The second kappa shape index (κ2) is 7.90. The van der Waals surface area contributed by atoms with Gasteiger partial charge in [-0.25, -0.2) is 4.39 Å². The summed E-state index contributed by atoms with van der Waals surface area (Å²) in [5, 5.41) is 2.70. The van der Waals surface area contributed by atoms with Crippen molar-refractivity contribution in [3.63, 3.8) is 0 Å². The molecule has 2 aromatic rings. The maximum atomic E-state index is 13.0. The van der Waals surface area contributed by atoms with E-state index in [0.29, 0.717) is 43.2 Å². The van der Waals surface area contributed by atoms with Gasteiger partial charge < -0.3 is 19.9 Å². The molecule has 29 heavy (non-hydrogen) atoms. The molecule has 8 heteroatoms. The molecule has 0 unspecified atom stereocenters. The van der Waals surface area contributed by atoms with E-state index in [0.717, 1.165) is 5.56 Å². The third kappa shape index (κ3) is 4.21.